The number of aromatic nitrogens is 2. The second-order valence-electron chi connectivity index (χ2n) is 3.27. The number of aromatic amines is 1. The van der Waals surface area contributed by atoms with E-state index < -0.39 is 17.4 Å². The van der Waals surface area contributed by atoms with Gasteiger partial charge in [0.25, 0.3) is 0 Å². The molecule has 1 aliphatic carbocycles. The predicted octanol–water partition coefficient (Wildman–Crippen LogP) is -2.06. The third-order valence-electron chi connectivity index (χ3n) is 2.11. The van der Waals surface area contributed by atoms with Gasteiger partial charge >= 0.3 is 57.6 Å². The Bertz CT molecular complexity index is 374. The van der Waals surface area contributed by atoms with E-state index in [1.165, 1.54) is 11.0 Å². The number of carbonyl (C=O) groups excluding carboxylic acids is 1. The van der Waals surface area contributed by atoms with Gasteiger partial charge in [0.2, 0.25) is 0 Å². The molecule has 84 valence electrons. The number of hydrogen-bond acceptors (Lipinski definition) is 2. The molecule has 2 rings (SSSR count). The molecule has 0 unspecified atom stereocenters. The van der Waals surface area contributed by atoms with Crippen LogP contribution in [0.1, 0.15) is 30.1 Å². The minimum atomic E-state index is -4.52. The molecular weight excluding hydrogens is 252 g/mol. The zero-order valence-corrected chi connectivity index (χ0v) is 11.6. The van der Waals surface area contributed by atoms with Crippen LogP contribution in [-0.4, -0.2) is 16.9 Å². The van der Waals surface area contributed by atoms with Gasteiger partial charge in [-0.15, -0.1) is 0 Å². The Morgan fingerprint density at radius 3 is 2.31 bits per heavy atom. The van der Waals surface area contributed by atoms with Gasteiger partial charge in [0.1, 0.15) is 0 Å². The first-order chi connectivity index (χ1) is 6.52. The van der Waals surface area contributed by atoms with E-state index >= 15 is 0 Å². The predicted molar refractivity (Wildman–Crippen MR) is 41.0 cm³/mol. The Balaban J connectivity index is 0.00000112. The van der Waals surface area contributed by atoms with Crippen molar-refractivity contribution in [2.24, 2.45) is 0 Å². The van der Waals surface area contributed by atoms with Gasteiger partial charge in [0.15, 0.2) is 6.04 Å². The van der Waals surface area contributed by atoms with Gasteiger partial charge in [-0.2, -0.15) is 17.9 Å². The summed E-state index contributed by atoms with van der Waals surface area (Å²) in [7, 11) is 0. The van der Waals surface area contributed by atoms with E-state index in [1.54, 1.807) is 0 Å². The Kier molecular flexibility index (Phi) is 5.84. The number of H-pyrrole nitrogens is 1. The molecule has 8 heteroatoms. The Labute approximate surface area is 132 Å². The fourth-order valence-corrected chi connectivity index (χ4v) is 1.27. The van der Waals surface area contributed by atoms with Gasteiger partial charge in [0.05, 0.1) is 18.2 Å². The number of alkyl halides is 3. The molecule has 4 nitrogen and oxygen atoms in total. The van der Waals surface area contributed by atoms with E-state index in [1.807, 2.05) is 0 Å². The monoisotopic (exact) mass is 260 g/mol. The summed E-state index contributed by atoms with van der Waals surface area (Å²) in [5.74, 6) is 0. The molecule has 0 saturated heterocycles. The molecule has 0 spiro atoms. The minimum Gasteiger partial charge on any atom is -0.870 e. The van der Waals surface area contributed by atoms with Crippen LogP contribution in [0.4, 0.5) is 13.2 Å². The molecule has 1 heterocycles. The van der Waals surface area contributed by atoms with Crippen LogP contribution in [0.25, 0.3) is 0 Å². The molecule has 16 heavy (non-hydrogen) atoms. The van der Waals surface area contributed by atoms with Gasteiger partial charge < -0.3 is 10.3 Å². The molecule has 0 amide bonds. The largest absolute Gasteiger partial charge is 1.00 e. The van der Waals surface area contributed by atoms with Crippen LogP contribution in [0.5, 0.6) is 0 Å². The molecule has 2 N–H and O–H groups in total. The fraction of sp³-hybridized carbons (Fsp3) is 0.500. The summed E-state index contributed by atoms with van der Waals surface area (Å²) in [5, 5.41) is 2.16. The second-order valence-corrected chi connectivity index (χ2v) is 3.27. The van der Waals surface area contributed by atoms with Crippen LogP contribution in [0.3, 0.4) is 0 Å². The summed E-state index contributed by atoms with van der Waals surface area (Å²) in [6, 6.07) is 0.0817. The molecule has 1 aliphatic rings. The molecule has 0 aromatic carbocycles. The summed E-state index contributed by atoms with van der Waals surface area (Å²) in [5.41, 5.74) is -1.47. The fourth-order valence-electron chi connectivity index (χ4n) is 1.27. The maximum atomic E-state index is 12.3. The summed E-state index contributed by atoms with van der Waals surface area (Å²) in [6.45, 7) is 0. The Hall–Kier alpha value is 0.266. The van der Waals surface area contributed by atoms with Crippen molar-refractivity contribution in [2.75, 3.05) is 0 Å². The summed E-state index contributed by atoms with van der Waals surface area (Å²) < 4.78 is 38.2. The molecule has 1 saturated carbocycles. The first-order valence-corrected chi connectivity index (χ1v) is 4.12. The zero-order chi connectivity index (χ0) is 10.3. The van der Waals surface area contributed by atoms with Crippen molar-refractivity contribution in [1.29, 1.82) is 0 Å². The SMILES string of the molecule is O=[C-]c1c[n+](C2CC2)[nH]c1C(F)(F)F.[K+].[OH-]. The molecule has 0 bridgehead atoms. The second kappa shape index (κ2) is 5.74. The Morgan fingerprint density at radius 1 is 1.44 bits per heavy atom. The van der Waals surface area contributed by atoms with Crippen molar-refractivity contribution in [3.05, 3.63) is 17.5 Å². The normalized spacial score (nSPS) is 14.9. The topological polar surface area (TPSA) is 66.7 Å². The standard InChI is InChI=1S/C8H6F3N2O.K.H2O/c9-8(10,11)7-5(4-14)3-13(12-7)6-1-2-6;;/h3,6H,1-2H2;;1H2/q-1;+1;. The van der Waals surface area contributed by atoms with Crippen LogP contribution in [-0.2, 0) is 11.0 Å². The molecular formula is C8H8F3KN2O2. The van der Waals surface area contributed by atoms with Crippen LogP contribution >= 0.6 is 0 Å². The molecule has 0 aliphatic heterocycles. The van der Waals surface area contributed by atoms with Crippen molar-refractivity contribution < 1.29 is 79.5 Å². The molecule has 1 fully saturated rings. The number of hydrogen-bond donors (Lipinski definition) is 1. The van der Waals surface area contributed by atoms with Gasteiger partial charge in [-0.3, -0.25) is 0 Å². The third-order valence-corrected chi connectivity index (χ3v) is 2.11. The smallest absolute Gasteiger partial charge is 0.870 e. The number of halogens is 3. The molecule has 1 aromatic rings. The van der Waals surface area contributed by atoms with Crippen LogP contribution in [0, 0.1) is 0 Å². The zero-order valence-electron chi connectivity index (χ0n) is 8.51. The maximum absolute atomic E-state index is 12.3. The third kappa shape index (κ3) is 3.38. The molecule has 1 aromatic heterocycles. The van der Waals surface area contributed by atoms with E-state index in [-0.39, 0.29) is 62.9 Å². The van der Waals surface area contributed by atoms with Crippen molar-refractivity contribution in [1.82, 2.24) is 5.10 Å². The van der Waals surface area contributed by atoms with Crippen molar-refractivity contribution >= 4 is 6.29 Å². The van der Waals surface area contributed by atoms with E-state index in [9.17, 15) is 18.0 Å². The Morgan fingerprint density at radius 2 is 2.00 bits per heavy atom. The minimum absolute atomic E-state index is 0. The maximum Gasteiger partial charge on any atom is 1.00 e. The van der Waals surface area contributed by atoms with Gasteiger partial charge in [-0.25, -0.2) is 5.10 Å². The van der Waals surface area contributed by atoms with Crippen LogP contribution in [0.15, 0.2) is 6.20 Å². The quantitative estimate of drug-likeness (QED) is 0.377. The first kappa shape index (κ1) is 16.3. The number of nitrogens with one attached hydrogen (secondary N) is 1. The van der Waals surface area contributed by atoms with E-state index in [2.05, 4.69) is 5.10 Å². The van der Waals surface area contributed by atoms with Crippen molar-refractivity contribution in [2.45, 2.75) is 25.1 Å². The van der Waals surface area contributed by atoms with Crippen molar-refractivity contribution in [3.63, 3.8) is 0 Å². The number of nitrogens with zero attached hydrogens (tertiary/aromatic N) is 1. The van der Waals surface area contributed by atoms with Gasteiger partial charge in [0, 0.05) is 12.8 Å². The van der Waals surface area contributed by atoms with E-state index in [0.717, 1.165) is 19.0 Å². The van der Waals surface area contributed by atoms with Crippen LogP contribution in [0.2, 0.25) is 0 Å². The van der Waals surface area contributed by atoms with E-state index in [4.69, 9.17) is 0 Å². The average Bonchev–Trinajstić information content (AvgIpc) is 2.83. The molecule has 0 atom stereocenters. The van der Waals surface area contributed by atoms with Crippen LogP contribution < -0.4 is 56.1 Å². The van der Waals surface area contributed by atoms with E-state index in [0.29, 0.717) is 0 Å². The summed E-state index contributed by atoms with van der Waals surface area (Å²) >= 11 is 0. The number of rotatable bonds is 2. The molecule has 0 radical (unpaired) electrons. The summed E-state index contributed by atoms with van der Waals surface area (Å²) in [4.78, 5) is 10.3. The van der Waals surface area contributed by atoms with Gasteiger partial charge in [-0.05, 0) is 0 Å². The van der Waals surface area contributed by atoms with Crippen molar-refractivity contribution in [3.8, 4) is 0 Å². The summed E-state index contributed by atoms with van der Waals surface area (Å²) in [6.07, 6.45) is -0.382. The average molecular weight is 260 g/mol. The van der Waals surface area contributed by atoms with Gasteiger partial charge in [-0.1, -0.05) is 5.56 Å². The first-order valence-electron chi connectivity index (χ1n) is 4.12.